The van der Waals surface area contributed by atoms with E-state index in [4.69, 9.17) is 4.74 Å². The van der Waals surface area contributed by atoms with Gasteiger partial charge in [-0.25, -0.2) is 4.68 Å². The van der Waals surface area contributed by atoms with Gasteiger partial charge in [0, 0.05) is 37.3 Å². The van der Waals surface area contributed by atoms with Gasteiger partial charge < -0.3 is 15.0 Å². The summed E-state index contributed by atoms with van der Waals surface area (Å²) in [6, 6.07) is 7.75. The summed E-state index contributed by atoms with van der Waals surface area (Å²) in [4.78, 5) is 14.4. The highest BCUT2D eigenvalue weighted by molar-refractivity contribution is 5.85. The standard InChI is InChI=1S/C18H22N4O2.ClH/c1-21(18(23)17-15-8-19-9-16(15)17)10-12-7-20-22(11-12)13-4-3-5-14(6-13)24-2;/h3-7,11,15-17,19H,8-10H2,1-2H3;1H/t15-,16+,17?;. The minimum Gasteiger partial charge on any atom is -0.497 e. The minimum absolute atomic E-state index is 0. The van der Waals surface area contributed by atoms with Crippen molar-refractivity contribution >= 4 is 18.3 Å². The first-order valence-electron chi connectivity index (χ1n) is 8.31. The van der Waals surface area contributed by atoms with Gasteiger partial charge in [-0.1, -0.05) is 6.07 Å². The molecule has 0 bridgehead atoms. The topological polar surface area (TPSA) is 59.4 Å². The average molecular weight is 363 g/mol. The molecular formula is C18H23ClN4O2. The smallest absolute Gasteiger partial charge is 0.226 e. The summed E-state index contributed by atoms with van der Waals surface area (Å²) < 4.78 is 7.06. The van der Waals surface area contributed by atoms with E-state index < -0.39 is 0 Å². The number of fused-ring (bicyclic) bond motifs is 1. The molecule has 3 atom stereocenters. The molecule has 0 radical (unpaired) electrons. The maximum absolute atomic E-state index is 12.5. The molecule has 1 aliphatic heterocycles. The van der Waals surface area contributed by atoms with Gasteiger partial charge in [-0.3, -0.25) is 4.79 Å². The number of halogens is 1. The van der Waals surface area contributed by atoms with Crippen LogP contribution in [0.3, 0.4) is 0 Å². The average Bonchev–Trinajstić information content (AvgIpc) is 2.98. The number of hydrogen-bond acceptors (Lipinski definition) is 4. The lowest BCUT2D eigenvalue weighted by Crippen LogP contribution is -2.31. The molecule has 1 N–H and O–H groups in total. The Morgan fingerprint density at radius 2 is 2.16 bits per heavy atom. The normalized spacial score (nSPS) is 23.5. The first kappa shape index (κ1) is 17.8. The molecular weight excluding hydrogens is 340 g/mol. The van der Waals surface area contributed by atoms with Crippen molar-refractivity contribution < 1.29 is 9.53 Å². The molecule has 1 amide bonds. The van der Waals surface area contributed by atoms with Crippen molar-refractivity contribution in [2.45, 2.75) is 6.54 Å². The van der Waals surface area contributed by atoms with Gasteiger partial charge in [-0.15, -0.1) is 12.4 Å². The highest BCUT2D eigenvalue weighted by Gasteiger charge is 2.57. The van der Waals surface area contributed by atoms with Crippen LogP contribution in [0.2, 0.25) is 0 Å². The van der Waals surface area contributed by atoms with Crippen LogP contribution in [0.25, 0.3) is 5.69 Å². The van der Waals surface area contributed by atoms with Gasteiger partial charge in [0.15, 0.2) is 0 Å². The van der Waals surface area contributed by atoms with E-state index in [2.05, 4.69) is 10.4 Å². The number of nitrogens with zero attached hydrogens (tertiary/aromatic N) is 3. The van der Waals surface area contributed by atoms with Crippen molar-refractivity contribution in [1.29, 1.82) is 0 Å². The summed E-state index contributed by atoms with van der Waals surface area (Å²) in [5.41, 5.74) is 1.97. The van der Waals surface area contributed by atoms with E-state index in [0.717, 1.165) is 30.1 Å². The third kappa shape index (κ3) is 3.37. The van der Waals surface area contributed by atoms with E-state index in [-0.39, 0.29) is 24.2 Å². The van der Waals surface area contributed by atoms with E-state index in [1.165, 1.54) is 0 Å². The Kier molecular flexibility index (Phi) is 5.01. The van der Waals surface area contributed by atoms with Crippen LogP contribution in [0.4, 0.5) is 0 Å². The van der Waals surface area contributed by atoms with Gasteiger partial charge in [-0.05, 0) is 37.1 Å². The van der Waals surface area contributed by atoms with Gasteiger partial charge in [-0.2, -0.15) is 5.10 Å². The van der Waals surface area contributed by atoms with Crippen molar-refractivity contribution in [1.82, 2.24) is 20.0 Å². The number of aromatic nitrogens is 2. The number of carbonyl (C=O) groups is 1. The highest BCUT2D eigenvalue weighted by atomic mass is 35.5. The van der Waals surface area contributed by atoms with Crippen LogP contribution in [-0.4, -0.2) is 47.8 Å². The zero-order chi connectivity index (χ0) is 16.7. The molecule has 134 valence electrons. The number of methoxy groups -OCH3 is 1. The van der Waals surface area contributed by atoms with Gasteiger partial charge in [0.1, 0.15) is 5.75 Å². The quantitative estimate of drug-likeness (QED) is 0.880. The van der Waals surface area contributed by atoms with Crippen LogP contribution < -0.4 is 10.1 Å². The second-order valence-corrected chi connectivity index (χ2v) is 6.70. The molecule has 2 fully saturated rings. The Morgan fingerprint density at radius 3 is 2.88 bits per heavy atom. The van der Waals surface area contributed by atoms with Crippen LogP contribution in [-0.2, 0) is 11.3 Å². The van der Waals surface area contributed by atoms with E-state index in [1.807, 2.05) is 53.3 Å². The lowest BCUT2D eigenvalue weighted by molar-refractivity contribution is -0.132. The number of hydrogen-bond donors (Lipinski definition) is 1. The lowest BCUT2D eigenvalue weighted by Gasteiger charge is -2.17. The minimum atomic E-state index is 0. The van der Waals surface area contributed by atoms with Gasteiger partial charge in [0.2, 0.25) is 5.91 Å². The van der Waals surface area contributed by atoms with Crippen molar-refractivity contribution in [3.8, 4) is 11.4 Å². The largest absolute Gasteiger partial charge is 0.497 e. The predicted octanol–water partition coefficient (Wildman–Crippen LogP) is 1.73. The maximum Gasteiger partial charge on any atom is 0.226 e. The van der Waals surface area contributed by atoms with Crippen molar-refractivity contribution in [3.05, 3.63) is 42.2 Å². The van der Waals surface area contributed by atoms with Crippen LogP contribution in [0.5, 0.6) is 5.75 Å². The highest BCUT2D eigenvalue weighted by Crippen LogP contribution is 2.49. The van der Waals surface area contributed by atoms with Crippen LogP contribution in [0.1, 0.15) is 5.56 Å². The summed E-state index contributed by atoms with van der Waals surface area (Å²) >= 11 is 0. The van der Waals surface area contributed by atoms with Crippen molar-refractivity contribution in [2.75, 3.05) is 27.2 Å². The molecule has 1 unspecified atom stereocenters. The number of nitrogens with one attached hydrogen (secondary N) is 1. The first-order valence-corrected chi connectivity index (χ1v) is 8.31. The molecule has 2 aromatic rings. The first-order chi connectivity index (χ1) is 11.7. The number of carbonyl (C=O) groups excluding carboxylic acids is 1. The molecule has 4 rings (SSSR count). The fraction of sp³-hybridized carbons (Fsp3) is 0.444. The molecule has 1 aliphatic carbocycles. The Balaban J connectivity index is 0.00000182. The molecule has 2 aliphatic rings. The SMILES string of the molecule is COc1cccc(-n2cc(CN(C)C(=O)C3[C@H]4CNC[C@@H]34)cn2)c1.Cl. The van der Waals surface area contributed by atoms with Crippen LogP contribution in [0.15, 0.2) is 36.7 Å². The fourth-order valence-corrected chi connectivity index (χ4v) is 3.73. The number of benzene rings is 1. The molecule has 7 heteroatoms. The van der Waals surface area contributed by atoms with E-state index in [9.17, 15) is 4.79 Å². The maximum atomic E-state index is 12.5. The Bertz CT molecular complexity index is 753. The van der Waals surface area contributed by atoms with Crippen LogP contribution >= 0.6 is 12.4 Å². The molecule has 25 heavy (non-hydrogen) atoms. The third-order valence-corrected chi connectivity index (χ3v) is 5.13. The van der Waals surface area contributed by atoms with E-state index in [1.54, 1.807) is 7.11 Å². The fourth-order valence-electron chi connectivity index (χ4n) is 3.73. The number of ether oxygens (including phenoxy) is 1. The predicted molar refractivity (Wildman–Crippen MR) is 97.2 cm³/mol. The van der Waals surface area contributed by atoms with Gasteiger partial charge >= 0.3 is 0 Å². The number of amides is 1. The second kappa shape index (κ2) is 7.06. The van der Waals surface area contributed by atoms with E-state index in [0.29, 0.717) is 18.4 Å². The molecule has 6 nitrogen and oxygen atoms in total. The van der Waals surface area contributed by atoms with E-state index >= 15 is 0 Å². The zero-order valence-corrected chi connectivity index (χ0v) is 15.2. The second-order valence-electron chi connectivity index (χ2n) is 6.70. The van der Waals surface area contributed by atoms with Gasteiger partial charge in [0.25, 0.3) is 0 Å². The van der Waals surface area contributed by atoms with Crippen molar-refractivity contribution in [3.63, 3.8) is 0 Å². The Morgan fingerprint density at radius 1 is 1.40 bits per heavy atom. The summed E-state index contributed by atoms with van der Waals surface area (Å²) in [6.45, 7) is 2.57. The third-order valence-electron chi connectivity index (χ3n) is 5.13. The van der Waals surface area contributed by atoms with Crippen molar-refractivity contribution in [2.24, 2.45) is 17.8 Å². The molecule has 1 aromatic heterocycles. The monoisotopic (exact) mass is 362 g/mol. The zero-order valence-electron chi connectivity index (χ0n) is 14.4. The Hall–Kier alpha value is -2.05. The molecule has 1 saturated carbocycles. The molecule has 2 heterocycles. The Labute approximate surface area is 153 Å². The number of piperidine rings is 1. The summed E-state index contributed by atoms with van der Waals surface area (Å²) in [7, 11) is 3.53. The lowest BCUT2D eigenvalue weighted by atomic mass is 10.2. The molecule has 0 spiro atoms. The molecule has 1 aromatic carbocycles. The summed E-state index contributed by atoms with van der Waals surface area (Å²) in [5, 5.41) is 7.74. The van der Waals surface area contributed by atoms with Crippen LogP contribution in [0, 0.1) is 17.8 Å². The summed E-state index contributed by atoms with van der Waals surface area (Å²) in [5.74, 6) is 2.40. The summed E-state index contributed by atoms with van der Waals surface area (Å²) in [6.07, 6.45) is 3.78. The number of rotatable bonds is 5. The van der Waals surface area contributed by atoms with Gasteiger partial charge in [0.05, 0.1) is 19.0 Å². The molecule has 1 saturated heterocycles.